The summed E-state index contributed by atoms with van der Waals surface area (Å²) in [6, 6.07) is 16.5. The van der Waals surface area contributed by atoms with Crippen LogP contribution in [0.1, 0.15) is 37.4 Å². The van der Waals surface area contributed by atoms with Gasteiger partial charge < -0.3 is 25.0 Å². The molecule has 162 valence electrons. The highest BCUT2D eigenvalue weighted by molar-refractivity contribution is 5.80. The smallest absolute Gasteiger partial charge is 0.191 e. The van der Waals surface area contributed by atoms with E-state index in [-0.39, 0.29) is 11.6 Å². The standard InChI is InChI=1S/C24H34N4O2/c1-24(2)16-20(19-11-7-9-13-22(19)30-24)27-23(25-3)26-17-18-10-6-8-12-21(18)29-15-14-28(4)5/h6-13,20H,14-17H2,1-5H3,(H2,25,26,27). The first-order valence-electron chi connectivity index (χ1n) is 10.5. The van der Waals surface area contributed by atoms with Crippen molar-refractivity contribution in [2.24, 2.45) is 4.99 Å². The van der Waals surface area contributed by atoms with Gasteiger partial charge >= 0.3 is 0 Å². The van der Waals surface area contributed by atoms with Crippen molar-refractivity contribution < 1.29 is 9.47 Å². The number of rotatable bonds is 7. The normalized spacial score (nSPS) is 17.8. The van der Waals surface area contributed by atoms with E-state index in [1.807, 2.05) is 50.5 Å². The lowest BCUT2D eigenvalue weighted by molar-refractivity contribution is 0.0694. The zero-order valence-corrected chi connectivity index (χ0v) is 18.7. The maximum atomic E-state index is 6.14. The van der Waals surface area contributed by atoms with Crippen LogP contribution in [0, 0.1) is 0 Å². The molecule has 0 fully saturated rings. The Balaban J connectivity index is 1.65. The highest BCUT2D eigenvalue weighted by Gasteiger charge is 2.33. The number of fused-ring (bicyclic) bond motifs is 1. The molecule has 1 unspecified atom stereocenters. The van der Waals surface area contributed by atoms with Gasteiger partial charge in [-0.05, 0) is 40.1 Å². The number of benzene rings is 2. The second-order valence-corrected chi connectivity index (χ2v) is 8.49. The van der Waals surface area contributed by atoms with E-state index in [4.69, 9.17) is 9.47 Å². The fourth-order valence-corrected chi connectivity index (χ4v) is 3.60. The Labute approximate surface area is 180 Å². The molecular formula is C24H34N4O2. The Morgan fingerprint density at radius 1 is 1.17 bits per heavy atom. The maximum absolute atomic E-state index is 6.14. The van der Waals surface area contributed by atoms with Crippen LogP contribution < -0.4 is 20.1 Å². The van der Waals surface area contributed by atoms with Crippen molar-refractivity contribution in [3.05, 3.63) is 59.7 Å². The Morgan fingerprint density at radius 2 is 1.90 bits per heavy atom. The second-order valence-electron chi connectivity index (χ2n) is 8.49. The molecule has 3 rings (SSSR count). The molecule has 2 aromatic carbocycles. The zero-order chi connectivity index (χ0) is 21.6. The summed E-state index contributed by atoms with van der Waals surface area (Å²) in [5.41, 5.74) is 2.02. The van der Waals surface area contributed by atoms with Gasteiger partial charge in [-0.2, -0.15) is 0 Å². The summed E-state index contributed by atoms with van der Waals surface area (Å²) in [7, 11) is 5.88. The quantitative estimate of drug-likeness (QED) is 0.540. The van der Waals surface area contributed by atoms with Gasteiger partial charge in [0.25, 0.3) is 0 Å². The number of guanidine groups is 1. The minimum absolute atomic E-state index is 0.128. The number of para-hydroxylation sites is 2. The molecule has 0 saturated heterocycles. The van der Waals surface area contributed by atoms with Gasteiger partial charge in [0.1, 0.15) is 23.7 Å². The van der Waals surface area contributed by atoms with Gasteiger partial charge in [-0.3, -0.25) is 4.99 Å². The predicted molar refractivity (Wildman–Crippen MR) is 122 cm³/mol. The van der Waals surface area contributed by atoms with Gasteiger partial charge in [0.05, 0.1) is 6.04 Å². The number of aliphatic imine (C=N–C) groups is 1. The summed E-state index contributed by atoms with van der Waals surface area (Å²) in [6.45, 7) is 6.41. The molecule has 0 aromatic heterocycles. The fourth-order valence-electron chi connectivity index (χ4n) is 3.60. The number of likely N-dealkylation sites (N-methyl/N-ethyl adjacent to an activating group) is 1. The number of ether oxygens (including phenoxy) is 2. The molecule has 2 aromatic rings. The van der Waals surface area contributed by atoms with E-state index in [0.29, 0.717) is 13.2 Å². The highest BCUT2D eigenvalue weighted by atomic mass is 16.5. The van der Waals surface area contributed by atoms with Gasteiger partial charge in [-0.25, -0.2) is 0 Å². The van der Waals surface area contributed by atoms with Crippen molar-refractivity contribution in [2.45, 2.75) is 38.5 Å². The third-order valence-corrected chi connectivity index (χ3v) is 5.13. The molecule has 1 aliphatic rings. The second kappa shape index (κ2) is 9.85. The Hall–Kier alpha value is -2.73. The van der Waals surface area contributed by atoms with Crippen LogP contribution in [0.25, 0.3) is 0 Å². The van der Waals surface area contributed by atoms with Crippen molar-refractivity contribution in [1.82, 2.24) is 15.5 Å². The molecule has 0 amide bonds. The van der Waals surface area contributed by atoms with Gasteiger partial charge in [0.15, 0.2) is 5.96 Å². The lowest BCUT2D eigenvalue weighted by atomic mass is 9.90. The molecule has 0 radical (unpaired) electrons. The average molecular weight is 411 g/mol. The summed E-state index contributed by atoms with van der Waals surface area (Å²) >= 11 is 0. The highest BCUT2D eigenvalue weighted by Crippen LogP contribution is 2.39. The lowest BCUT2D eigenvalue weighted by Crippen LogP contribution is -2.45. The van der Waals surface area contributed by atoms with Crippen molar-refractivity contribution in [3.63, 3.8) is 0 Å². The molecule has 0 saturated carbocycles. The van der Waals surface area contributed by atoms with Crippen LogP contribution >= 0.6 is 0 Å². The van der Waals surface area contributed by atoms with Crippen LogP contribution in [-0.2, 0) is 6.54 Å². The fraction of sp³-hybridized carbons (Fsp3) is 0.458. The molecule has 30 heavy (non-hydrogen) atoms. The maximum Gasteiger partial charge on any atom is 0.191 e. The third-order valence-electron chi connectivity index (χ3n) is 5.13. The van der Waals surface area contributed by atoms with Crippen LogP contribution in [0.15, 0.2) is 53.5 Å². The third kappa shape index (κ3) is 5.89. The van der Waals surface area contributed by atoms with Crippen molar-refractivity contribution in [3.8, 4) is 11.5 Å². The molecule has 1 atom stereocenters. The van der Waals surface area contributed by atoms with Gasteiger partial charge in [0, 0.05) is 37.7 Å². The molecule has 0 bridgehead atoms. The molecule has 2 N–H and O–H groups in total. The molecule has 1 heterocycles. The van der Waals surface area contributed by atoms with Gasteiger partial charge in [0.2, 0.25) is 0 Å². The number of hydrogen-bond acceptors (Lipinski definition) is 4. The van der Waals surface area contributed by atoms with Crippen LogP contribution in [0.3, 0.4) is 0 Å². The molecule has 0 spiro atoms. The summed E-state index contributed by atoms with van der Waals surface area (Å²) < 4.78 is 12.1. The van der Waals surface area contributed by atoms with Crippen molar-refractivity contribution >= 4 is 5.96 Å². The summed E-state index contributed by atoms with van der Waals surface area (Å²) in [4.78, 5) is 6.55. The number of nitrogens with one attached hydrogen (secondary N) is 2. The largest absolute Gasteiger partial charge is 0.492 e. The summed E-state index contributed by atoms with van der Waals surface area (Å²) in [5, 5.41) is 7.02. The van der Waals surface area contributed by atoms with E-state index in [2.05, 4.69) is 46.5 Å². The van der Waals surface area contributed by atoms with Crippen molar-refractivity contribution in [1.29, 1.82) is 0 Å². The minimum Gasteiger partial charge on any atom is -0.492 e. The molecule has 6 heteroatoms. The number of hydrogen-bond donors (Lipinski definition) is 2. The van der Waals surface area contributed by atoms with Gasteiger partial charge in [-0.15, -0.1) is 0 Å². The molecule has 6 nitrogen and oxygen atoms in total. The topological polar surface area (TPSA) is 58.1 Å². The minimum atomic E-state index is -0.238. The van der Waals surface area contributed by atoms with E-state index in [1.54, 1.807) is 7.05 Å². The van der Waals surface area contributed by atoms with Crippen LogP contribution in [-0.4, -0.2) is 50.8 Å². The van der Waals surface area contributed by atoms with E-state index in [1.165, 1.54) is 0 Å². The summed E-state index contributed by atoms with van der Waals surface area (Å²) in [6.07, 6.45) is 0.856. The molecule has 0 aliphatic carbocycles. The first-order chi connectivity index (χ1) is 14.4. The van der Waals surface area contributed by atoms with Crippen LogP contribution in [0.5, 0.6) is 11.5 Å². The van der Waals surface area contributed by atoms with Gasteiger partial charge in [-0.1, -0.05) is 36.4 Å². The SMILES string of the molecule is CN=C(NCc1ccccc1OCCN(C)C)NC1CC(C)(C)Oc2ccccc21. The Morgan fingerprint density at radius 3 is 2.67 bits per heavy atom. The van der Waals surface area contributed by atoms with E-state index < -0.39 is 0 Å². The Kier molecular flexibility index (Phi) is 7.21. The van der Waals surface area contributed by atoms with Crippen LogP contribution in [0.2, 0.25) is 0 Å². The first kappa shape index (κ1) is 22.0. The zero-order valence-electron chi connectivity index (χ0n) is 18.7. The van der Waals surface area contributed by atoms with Crippen LogP contribution in [0.4, 0.5) is 0 Å². The van der Waals surface area contributed by atoms with Crippen molar-refractivity contribution in [2.75, 3.05) is 34.3 Å². The Bertz CT molecular complexity index is 864. The number of nitrogens with zero attached hydrogens (tertiary/aromatic N) is 2. The lowest BCUT2D eigenvalue weighted by Gasteiger charge is -2.38. The first-order valence-corrected chi connectivity index (χ1v) is 10.5. The molecule has 1 aliphatic heterocycles. The average Bonchev–Trinajstić information content (AvgIpc) is 2.70. The molecular weight excluding hydrogens is 376 g/mol. The monoisotopic (exact) mass is 410 g/mol. The van der Waals surface area contributed by atoms with E-state index in [0.717, 1.165) is 41.6 Å². The van der Waals surface area contributed by atoms with E-state index in [9.17, 15) is 0 Å². The van der Waals surface area contributed by atoms with E-state index >= 15 is 0 Å². The summed E-state index contributed by atoms with van der Waals surface area (Å²) in [5.74, 6) is 2.59. The predicted octanol–water partition coefficient (Wildman–Crippen LogP) is 3.59.